The number of hydrogen-bond acceptors (Lipinski definition) is 2. The third-order valence-corrected chi connectivity index (χ3v) is 2.11. The SMILES string of the molecule is ClCCc1ccc2nccnc2c1. The van der Waals surface area contributed by atoms with E-state index >= 15 is 0 Å². The molecule has 1 aromatic carbocycles. The third kappa shape index (κ3) is 1.78. The fraction of sp³-hybridized carbons (Fsp3) is 0.200. The van der Waals surface area contributed by atoms with E-state index in [1.165, 1.54) is 5.56 Å². The molecule has 1 heterocycles. The van der Waals surface area contributed by atoms with Crippen molar-refractivity contribution in [2.24, 2.45) is 0 Å². The first kappa shape index (κ1) is 8.45. The topological polar surface area (TPSA) is 25.8 Å². The van der Waals surface area contributed by atoms with Crippen LogP contribution in [0.4, 0.5) is 0 Å². The summed E-state index contributed by atoms with van der Waals surface area (Å²) < 4.78 is 0. The quantitative estimate of drug-likeness (QED) is 0.683. The molecule has 0 N–H and O–H groups in total. The van der Waals surface area contributed by atoms with Crippen molar-refractivity contribution in [2.75, 3.05) is 5.88 Å². The number of aromatic nitrogens is 2. The summed E-state index contributed by atoms with van der Waals surface area (Å²) >= 11 is 5.65. The molecule has 0 saturated carbocycles. The molecule has 2 rings (SSSR count). The Morgan fingerprint density at radius 2 is 1.85 bits per heavy atom. The number of halogens is 1. The van der Waals surface area contributed by atoms with Crippen molar-refractivity contribution >= 4 is 22.6 Å². The van der Waals surface area contributed by atoms with Gasteiger partial charge >= 0.3 is 0 Å². The standard InChI is InChI=1S/C10H9ClN2/c11-4-3-8-1-2-9-10(7-8)13-6-5-12-9/h1-2,5-7H,3-4H2. The lowest BCUT2D eigenvalue weighted by molar-refractivity contribution is 1.15. The van der Waals surface area contributed by atoms with E-state index in [1.54, 1.807) is 12.4 Å². The number of fused-ring (bicyclic) bond motifs is 1. The Hall–Kier alpha value is -1.15. The van der Waals surface area contributed by atoms with Crippen LogP contribution in [-0.4, -0.2) is 15.8 Å². The van der Waals surface area contributed by atoms with Gasteiger partial charge in [0.2, 0.25) is 0 Å². The zero-order valence-corrected chi connectivity index (χ0v) is 7.83. The molecule has 0 spiro atoms. The zero-order chi connectivity index (χ0) is 9.10. The highest BCUT2D eigenvalue weighted by atomic mass is 35.5. The molecule has 0 unspecified atom stereocenters. The summed E-state index contributed by atoms with van der Waals surface area (Å²) in [5.41, 5.74) is 3.08. The molecule has 0 amide bonds. The van der Waals surface area contributed by atoms with Gasteiger partial charge in [0, 0.05) is 18.3 Å². The van der Waals surface area contributed by atoms with E-state index in [2.05, 4.69) is 9.97 Å². The van der Waals surface area contributed by atoms with Crippen LogP contribution in [0.5, 0.6) is 0 Å². The molecule has 2 nitrogen and oxygen atoms in total. The number of aryl methyl sites for hydroxylation is 1. The predicted octanol–water partition coefficient (Wildman–Crippen LogP) is 2.41. The van der Waals surface area contributed by atoms with Crippen molar-refractivity contribution in [2.45, 2.75) is 6.42 Å². The summed E-state index contributed by atoms with van der Waals surface area (Å²) in [5.74, 6) is 0.645. The third-order valence-electron chi connectivity index (χ3n) is 1.92. The maximum absolute atomic E-state index is 5.65. The van der Waals surface area contributed by atoms with Gasteiger partial charge < -0.3 is 0 Å². The van der Waals surface area contributed by atoms with Gasteiger partial charge in [0.05, 0.1) is 11.0 Å². The van der Waals surface area contributed by atoms with Crippen LogP contribution < -0.4 is 0 Å². The van der Waals surface area contributed by atoms with Gasteiger partial charge in [-0.1, -0.05) is 6.07 Å². The lowest BCUT2D eigenvalue weighted by atomic mass is 10.1. The Labute approximate surface area is 81.6 Å². The van der Waals surface area contributed by atoms with E-state index < -0.39 is 0 Å². The van der Waals surface area contributed by atoms with Gasteiger partial charge in [0.1, 0.15) is 0 Å². The average Bonchev–Trinajstić information content (AvgIpc) is 2.18. The Kier molecular flexibility index (Phi) is 2.41. The molecule has 0 saturated heterocycles. The lowest BCUT2D eigenvalue weighted by Gasteiger charge is -1.99. The second-order valence-electron chi connectivity index (χ2n) is 2.82. The summed E-state index contributed by atoms with van der Waals surface area (Å²) in [6.07, 6.45) is 4.28. The Balaban J connectivity index is 2.49. The van der Waals surface area contributed by atoms with Crippen molar-refractivity contribution < 1.29 is 0 Å². The molecule has 0 radical (unpaired) electrons. The first-order valence-electron chi connectivity index (χ1n) is 4.16. The van der Waals surface area contributed by atoms with Crippen LogP contribution in [0, 0.1) is 0 Å². The van der Waals surface area contributed by atoms with E-state index in [9.17, 15) is 0 Å². The molecule has 0 aliphatic heterocycles. The summed E-state index contributed by atoms with van der Waals surface area (Å²) in [7, 11) is 0. The first-order chi connectivity index (χ1) is 6.40. The van der Waals surface area contributed by atoms with Gasteiger partial charge in [-0.3, -0.25) is 9.97 Å². The van der Waals surface area contributed by atoms with Crippen molar-refractivity contribution in [3.05, 3.63) is 36.2 Å². The Morgan fingerprint density at radius 3 is 2.62 bits per heavy atom. The molecule has 2 aromatic rings. The highest BCUT2D eigenvalue weighted by Gasteiger charge is 1.96. The van der Waals surface area contributed by atoms with Gasteiger partial charge in [-0.2, -0.15) is 0 Å². The molecular weight excluding hydrogens is 184 g/mol. The molecule has 0 aliphatic rings. The Morgan fingerprint density at radius 1 is 1.08 bits per heavy atom. The smallest absolute Gasteiger partial charge is 0.0889 e. The first-order valence-corrected chi connectivity index (χ1v) is 4.69. The molecule has 0 bridgehead atoms. The van der Waals surface area contributed by atoms with Gasteiger partial charge in [-0.25, -0.2) is 0 Å². The molecule has 1 aromatic heterocycles. The molecule has 0 aliphatic carbocycles. The highest BCUT2D eigenvalue weighted by molar-refractivity contribution is 6.18. The number of hydrogen-bond donors (Lipinski definition) is 0. The highest BCUT2D eigenvalue weighted by Crippen LogP contribution is 2.11. The largest absolute Gasteiger partial charge is 0.253 e. The normalized spacial score (nSPS) is 10.5. The maximum Gasteiger partial charge on any atom is 0.0889 e. The van der Waals surface area contributed by atoms with Crippen molar-refractivity contribution in [1.82, 2.24) is 9.97 Å². The van der Waals surface area contributed by atoms with Gasteiger partial charge in [-0.15, -0.1) is 11.6 Å². The average molecular weight is 193 g/mol. The van der Waals surface area contributed by atoms with Crippen LogP contribution in [0.15, 0.2) is 30.6 Å². The lowest BCUT2D eigenvalue weighted by Crippen LogP contribution is -1.88. The maximum atomic E-state index is 5.65. The molecular formula is C10H9ClN2. The van der Waals surface area contributed by atoms with E-state index in [1.807, 2.05) is 18.2 Å². The Bertz CT molecular complexity index is 414. The summed E-state index contributed by atoms with van der Waals surface area (Å²) in [6.45, 7) is 0. The van der Waals surface area contributed by atoms with Gasteiger partial charge in [0.25, 0.3) is 0 Å². The minimum atomic E-state index is 0.645. The molecule has 13 heavy (non-hydrogen) atoms. The fourth-order valence-electron chi connectivity index (χ4n) is 1.27. The second-order valence-corrected chi connectivity index (χ2v) is 3.20. The summed E-state index contributed by atoms with van der Waals surface area (Å²) in [4.78, 5) is 8.41. The minimum Gasteiger partial charge on any atom is -0.253 e. The number of rotatable bonds is 2. The van der Waals surface area contributed by atoms with Crippen molar-refractivity contribution in [3.8, 4) is 0 Å². The summed E-state index contributed by atoms with van der Waals surface area (Å²) in [5, 5.41) is 0. The fourth-order valence-corrected chi connectivity index (χ4v) is 1.49. The van der Waals surface area contributed by atoms with Crippen LogP contribution in [0.2, 0.25) is 0 Å². The van der Waals surface area contributed by atoms with Crippen LogP contribution in [0.1, 0.15) is 5.56 Å². The van der Waals surface area contributed by atoms with E-state index in [4.69, 9.17) is 11.6 Å². The summed E-state index contributed by atoms with van der Waals surface area (Å²) in [6, 6.07) is 6.05. The van der Waals surface area contributed by atoms with Crippen LogP contribution >= 0.6 is 11.6 Å². The molecule has 66 valence electrons. The van der Waals surface area contributed by atoms with E-state index in [-0.39, 0.29) is 0 Å². The van der Waals surface area contributed by atoms with Crippen molar-refractivity contribution in [1.29, 1.82) is 0 Å². The van der Waals surface area contributed by atoms with Crippen LogP contribution in [0.3, 0.4) is 0 Å². The van der Waals surface area contributed by atoms with Crippen LogP contribution in [0.25, 0.3) is 11.0 Å². The second kappa shape index (κ2) is 3.71. The minimum absolute atomic E-state index is 0.645. The molecule has 0 atom stereocenters. The van der Waals surface area contributed by atoms with Crippen LogP contribution in [-0.2, 0) is 6.42 Å². The van der Waals surface area contributed by atoms with E-state index in [0.29, 0.717) is 5.88 Å². The van der Waals surface area contributed by atoms with Crippen molar-refractivity contribution in [3.63, 3.8) is 0 Å². The zero-order valence-electron chi connectivity index (χ0n) is 7.07. The monoisotopic (exact) mass is 192 g/mol. The molecule has 0 fully saturated rings. The molecule has 3 heteroatoms. The number of nitrogens with zero attached hydrogens (tertiary/aromatic N) is 2. The number of alkyl halides is 1. The number of benzene rings is 1. The van der Waals surface area contributed by atoms with Gasteiger partial charge in [-0.05, 0) is 24.1 Å². The predicted molar refractivity (Wildman–Crippen MR) is 54.0 cm³/mol. The van der Waals surface area contributed by atoms with Gasteiger partial charge in [0.15, 0.2) is 0 Å². The van der Waals surface area contributed by atoms with E-state index in [0.717, 1.165) is 17.5 Å².